The minimum absolute atomic E-state index is 0.430. The smallest absolute Gasteiger partial charge is 0.198 e. The normalized spacial score (nSPS) is 9.20. The highest BCUT2D eigenvalue weighted by Crippen LogP contribution is 1.89. The standard InChI is InChI=1S/C7H6NOS/c9-8-5-2-1-3-7(8)4-6-10/h1-3,5H,4H2. The first-order chi connectivity index (χ1) is 4.84. The maximum Gasteiger partial charge on any atom is 0.198 e. The maximum absolute atomic E-state index is 10.8. The van der Waals surface area contributed by atoms with Gasteiger partial charge >= 0.3 is 0 Å². The second-order valence-electron chi connectivity index (χ2n) is 1.84. The van der Waals surface area contributed by atoms with Gasteiger partial charge in [0.05, 0.1) is 6.42 Å². The van der Waals surface area contributed by atoms with Crippen LogP contribution in [0.4, 0.5) is 0 Å². The molecule has 0 atom stereocenters. The minimum Gasteiger partial charge on any atom is -0.618 e. The van der Waals surface area contributed by atoms with Crippen LogP contribution in [0.25, 0.3) is 0 Å². The molecule has 1 rings (SSSR count). The summed E-state index contributed by atoms with van der Waals surface area (Å²) in [5.41, 5.74) is 0.637. The fraction of sp³-hybridized carbons (Fsp3) is 0.143. The molecule has 0 aliphatic carbocycles. The Morgan fingerprint density at radius 2 is 2.40 bits per heavy atom. The molecule has 1 aromatic rings. The summed E-state index contributed by atoms with van der Waals surface area (Å²) in [6.45, 7) is 0. The van der Waals surface area contributed by atoms with Crippen LogP contribution < -0.4 is 4.73 Å². The summed E-state index contributed by atoms with van der Waals surface area (Å²) in [4.78, 5) is 0. The molecule has 1 aromatic heterocycles. The van der Waals surface area contributed by atoms with Crippen LogP contribution in [-0.4, -0.2) is 5.37 Å². The molecule has 51 valence electrons. The van der Waals surface area contributed by atoms with Crippen LogP contribution in [0.1, 0.15) is 5.69 Å². The van der Waals surface area contributed by atoms with Gasteiger partial charge in [0.2, 0.25) is 0 Å². The van der Waals surface area contributed by atoms with Crippen molar-refractivity contribution in [3.63, 3.8) is 0 Å². The van der Waals surface area contributed by atoms with Crippen molar-refractivity contribution in [1.29, 1.82) is 0 Å². The van der Waals surface area contributed by atoms with E-state index in [1.165, 1.54) is 6.20 Å². The van der Waals surface area contributed by atoms with Crippen LogP contribution in [0.15, 0.2) is 24.4 Å². The van der Waals surface area contributed by atoms with Crippen LogP contribution in [0.3, 0.4) is 0 Å². The fourth-order valence-electron chi connectivity index (χ4n) is 0.674. The van der Waals surface area contributed by atoms with Crippen molar-refractivity contribution in [1.82, 2.24) is 0 Å². The number of pyridine rings is 1. The molecule has 0 aromatic carbocycles. The zero-order valence-electron chi connectivity index (χ0n) is 5.28. The molecule has 0 bridgehead atoms. The highest BCUT2D eigenvalue weighted by atomic mass is 32.1. The van der Waals surface area contributed by atoms with E-state index in [4.69, 9.17) is 0 Å². The van der Waals surface area contributed by atoms with Gasteiger partial charge in [-0.3, -0.25) is 0 Å². The lowest BCUT2D eigenvalue weighted by Crippen LogP contribution is -2.30. The zero-order valence-corrected chi connectivity index (χ0v) is 6.10. The quantitative estimate of drug-likeness (QED) is 0.355. The Hall–Kier alpha value is -0.960. The molecule has 0 N–H and O–H groups in total. The van der Waals surface area contributed by atoms with Crippen LogP contribution in [0.5, 0.6) is 0 Å². The van der Waals surface area contributed by atoms with E-state index in [1.807, 2.05) is 0 Å². The predicted molar refractivity (Wildman–Crippen MR) is 41.7 cm³/mol. The van der Waals surface area contributed by atoms with Gasteiger partial charge in [0.25, 0.3) is 0 Å². The van der Waals surface area contributed by atoms with Gasteiger partial charge in [0, 0.05) is 17.5 Å². The van der Waals surface area contributed by atoms with Gasteiger partial charge in [0.1, 0.15) is 0 Å². The number of rotatable bonds is 2. The van der Waals surface area contributed by atoms with Gasteiger partial charge in [-0.05, 0) is 6.07 Å². The third-order valence-corrected chi connectivity index (χ3v) is 1.30. The molecule has 3 heteroatoms. The maximum atomic E-state index is 10.8. The molecule has 0 unspecified atom stereocenters. The van der Waals surface area contributed by atoms with Gasteiger partial charge in [-0.2, -0.15) is 4.73 Å². The molecule has 0 aliphatic heterocycles. The summed E-state index contributed by atoms with van der Waals surface area (Å²) < 4.78 is 0.791. The molecule has 0 spiro atoms. The third-order valence-electron chi connectivity index (χ3n) is 1.16. The first-order valence-corrected chi connectivity index (χ1v) is 3.27. The van der Waals surface area contributed by atoms with Crippen molar-refractivity contribution in [2.24, 2.45) is 0 Å². The summed E-state index contributed by atoms with van der Waals surface area (Å²) in [7, 11) is 0. The van der Waals surface area contributed by atoms with E-state index in [9.17, 15) is 5.21 Å². The lowest BCUT2D eigenvalue weighted by atomic mass is 10.3. The minimum atomic E-state index is 0.430. The SMILES string of the molecule is [O-][n+]1ccccc1C[C]=S. The van der Waals surface area contributed by atoms with Crippen LogP contribution in [0.2, 0.25) is 0 Å². The van der Waals surface area contributed by atoms with Crippen LogP contribution in [-0.2, 0) is 6.42 Å². The van der Waals surface area contributed by atoms with Gasteiger partial charge in [-0.25, -0.2) is 0 Å². The number of thiocarbonyl (C=S) groups is 1. The first-order valence-electron chi connectivity index (χ1n) is 2.86. The number of aromatic nitrogens is 1. The van der Waals surface area contributed by atoms with E-state index >= 15 is 0 Å². The molecule has 0 saturated heterocycles. The Labute approximate surface area is 64.7 Å². The van der Waals surface area contributed by atoms with E-state index < -0.39 is 0 Å². The van der Waals surface area contributed by atoms with Crippen molar-refractivity contribution in [3.05, 3.63) is 35.3 Å². The second kappa shape index (κ2) is 3.27. The molecule has 0 aliphatic rings. The lowest BCUT2D eigenvalue weighted by molar-refractivity contribution is -0.613. The van der Waals surface area contributed by atoms with Crippen molar-refractivity contribution >= 4 is 17.6 Å². The molecule has 0 saturated carbocycles. The Bertz CT molecular complexity index is 237. The van der Waals surface area contributed by atoms with E-state index in [0.29, 0.717) is 12.1 Å². The highest BCUT2D eigenvalue weighted by molar-refractivity contribution is 7.78. The van der Waals surface area contributed by atoms with Crippen LogP contribution >= 0.6 is 12.2 Å². The summed E-state index contributed by atoms with van der Waals surface area (Å²) in [6.07, 6.45) is 1.88. The summed E-state index contributed by atoms with van der Waals surface area (Å²) >= 11 is 4.49. The van der Waals surface area contributed by atoms with Crippen molar-refractivity contribution in [3.8, 4) is 0 Å². The Balaban J connectivity index is 2.91. The summed E-state index contributed by atoms with van der Waals surface area (Å²) in [5.74, 6) is 0. The topological polar surface area (TPSA) is 26.9 Å². The summed E-state index contributed by atoms with van der Waals surface area (Å²) in [6, 6.07) is 5.21. The molecular formula is C7H6NOS. The molecule has 0 fully saturated rings. The monoisotopic (exact) mass is 152 g/mol. The van der Waals surface area contributed by atoms with Crippen molar-refractivity contribution in [2.75, 3.05) is 0 Å². The second-order valence-corrected chi connectivity index (χ2v) is 2.13. The highest BCUT2D eigenvalue weighted by Gasteiger charge is 1.98. The summed E-state index contributed by atoms with van der Waals surface area (Å²) in [5, 5.41) is 13.3. The first kappa shape index (κ1) is 7.15. The van der Waals surface area contributed by atoms with E-state index in [1.54, 1.807) is 18.2 Å². The van der Waals surface area contributed by atoms with E-state index in [0.717, 1.165) is 4.73 Å². The fourth-order valence-corrected chi connectivity index (χ4v) is 0.822. The third kappa shape index (κ3) is 1.51. The van der Waals surface area contributed by atoms with Gasteiger partial charge in [0.15, 0.2) is 11.9 Å². The zero-order chi connectivity index (χ0) is 7.40. The number of hydrogen-bond acceptors (Lipinski definition) is 2. The Morgan fingerprint density at radius 3 is 3.00 bits per heavy atom. The average Bonchev–Trinajstić information content (AvgIpc) is 1.94. The van der Waals surface area contributed by atoms with Gasteiger partial charge in [-0.15, -0.1) is 0 Å². The number of hydrogen-bond donors (Lipinski definition) is 0. The predicted octanol–water partition coefficient (Wildman–Crippen LogP) is 0.739. The van der Waals surface area contributed by atoms with E-state index in [2.05, 4.69) is 17.6 Å². The lowest BCUT2D eigenvalue weighted by Gasteiger charge is -1.98. The Morgan fingerprint density at radius 1 is 1.60 bits per heavy atom. The molecule has 1 heterocycles. The molecule has 1 radical (unpaired) electrons. The molecule has 10 heavy (non-hydrogen) atoms. The van der Waals surface area contributed by atoms with Gasteiger partial charge in [-0.1, -0.05) is 12.2 Å². The Kier molecular flexibility index (Phi) is 2.34. The van der Waals surface area contributed by atoms with Crippen molar-refractivity contribution < 1.29 is 4.73 Å². The van der Waals surface area contributed by atoms with E-state index in [-0.39, 0.29) is 0 Å². The van der Waals surface area contributed by atoms with Gasteiger partial charge < -0.3 is 5.21 Å². The number of nitrogens with zero attached hydrogens (tertiary/aromatic N) is 1. The molecular weight excluding hydrogens is 146 g/mol. The average molecular weight is 152 g/mol. The largest absolute Gasteiger partial charge is 0.618 e. The molecule has 2 nitrogen and oxygen atoms in total. The van der Waals surface area contributed by atoms with Crippen molar-refractivity contribution in [2.45, 2.75) is 6.42 Å². The van der Waals surface area contributed by atoms with Crippen LogP contribution in [0, 0.1) is 5.21 Å². The molecule has 0 amide bonds.